The van der Waals surface area contributed by atoms with E-state index < -0.39 is 20.0 Å². The number of hydrogen-bond donors (Lipinski definition) is 0. The van der Waals surface area contributed by atoms with Crippen molar-refractivity contribution in [2.45, 2.75) is 31.1 Å². The molecule has 2 aromatic rings. The second-order valence-electron chi connectivity index (χ2n) is 6.25. The van der Waals surface area contributed by atoms with E-state index in [-0.39, 0.29) is 23.4 Å². The van der Waals surface area contributed by atoms with Crippen molar-refractivity contribution < 1.29 is 13.3 Å². The number of rotatable bonds is 4. The molecule has 0 saturated carbocycles. The van der Waals surface area contributed by atoms with Crippen LogP contribution < -0.4 is 0 Å². The zero-order valence-corrected chi connectivity index (χ0v) is 14.1. The van der Waals surface area contributed by atoms with E-state index in [1.165, 1.54) is 12.4 Å². The smallest absolute Gasteiger partial charge is 0.258 e. The van der Waals surface area contributed by atoms with Crippen LogP contribution in [0, 0.1) is 16.0 Å². The van der Waals surface area contributed by atoms with Crippen molar-refractivity contribution in [2.24, 2.45) is 5.92 Å². The van der Waals surface area contributed by atoms with Crippen molar-refractivity contribution in [3.8, 4) is 0 Å². The van der Waals surface area contributed by atoms with Crippen molar-refractivity contribution in [2.75, 3.05) is 5.75 Å². The quantitative estimate of drug-likeness (QED) is 0.624. The summed E-state index contributed by atoms with van der Waals surface area (Å²) in [6.45, 7) is 1.73. The lowest BCUT2D eigenvalue weighted by molar-refractivity contribution is -0.385. The molecule has 0 amide bonds. The maximum absolute atomic E-state index is 12.0. The fourth-order valence-corrected chi connectivity index (χ4v) is 4.93. The summed E-state index contributed by atoms with van der Waals surface area (Å²) in [5.41, 5.74) is 0.916. The van der Waals surface area contributed by atoms with Crippen LogP contribution in [0.3, 0.4) is 0 Å². The Balaban J connectivity index is 1.98. The highest BCUT2D eigenvalue weighted by atomic mass is 32.2. The van der Waals surface area contributed by atoms with Gasteiger partial charge in [0.25, 0.3) is 0 Å². The molecule has 24 heavy (non-hydrogen) atoms. The summed E-state index contributed by atoms with van der Waals surface area (Å²) in [5.74, 6) is 0.205. The van der Waals surface area contributed by atoms with E-state index in [0.717, 1.165) is 5.56 Å². The van der Waals surface area contributed by atoms with Crippen LogP contribution >= 0.6 is 0 Å². The molecule has 0 N–H and O–H groups in total. The van der Waals surface area contributed by atoms with Gasteiger partial charge in [-0.3, -0.25) is 14.8 Å². The van der Waals surface area contributed by atoms with E-state index in [4.69, 9.17) is 0 Å². The molecule has 1 aromatic heterocycles. The van der Waals surface area contributed by atoms with E-state index in [0.29, 0.717) is 12.8 Å². The van der Waals surface area contributed by atoms with Gasteiger partial charge in [0.2, 0.25) is 0 Å². The predicted molar refractivity (Wildman–Crippen MR) is 89.4 cm³/mol. The van der Waals surface area contributed by atoms with Gasteiger partial charge in [-0.25, -0.2) is 8.42 Å². The number of benzene rings is 1. The van der Waals surface area contributed by atoms with Crippen LogP contribution in [0.25, 0.3) is 0 Å². The second kappa shape index (κ2) is 6.35. The molecule has 0 aliphatic carbocycles. The molecule has 7 nitrogen and oxygen atoms in total. The van der Waals surface area contributed by atoms with Crippen molar-refractivity contribution in [1.29, 1.82) is 0 Å². The van der Waals surface area contributed by atoms with Crippen molar-refractivity contribution in [3.63, 3.8) is 0 Å². The normalized spacial score (nSPS) is 24.4. The van der Waals surface area contributed by atoms with Gasteiger partial charge in [0.1, 0.15) is 12.4 Å². The zero-order chi connectivity index (χ0) is 17.3. The number of aromatic nitrogens is 2. The van der Waals surface area contributed by atoms with Gasteiger partial charge >= 0.3 is 5.69 Å². The lowest BCUT2D eigenvalue weighted by atomic mass is 9.87. The Morgan fingerprint density at radius 1 is 1.33 bits per heavy atom. The first-order chi connectivity index (χ1) is 11.4. The van der Waals surface area contributed by atoms with Crippen LogP contribution in [-0.2, 0) is 9.84 Å². The molecule has 1 aromatic carbocycles. The number of sulfone groups is 1. The van der Waals surface area contributed by atoms with E-state index >= 15 is 0 Å². The second-order valence-corrected chi connectivity index (χ2v) is 8.79. The molecule has 1 aliphatic rings. The van der Waals surface area contributed by atoms with Crippen LogP contribution in [0.15, 0.2) is 42.7 Å². The Bertz CT molecular complexity index is 832. The third-order valence-corrected chi connectivity index (χ3v) is 6.92. The molecule has 8 heteroatoms. The Hall–Kier alpha value is -2.22. The summed E-state index contributed by atoms with van der Waals surface area (Å²) >= 11 is 0. The first-order valence-corrected chi connectivity index (χ1v) is 9.55. The standard InChI is InChI=1S/C16H19N3O4S/c1-12-9-14(7-8-24(12,22)23)16(13-5-3-2-4-6-13)18-11-15(10-17-18)19(20)21/h2-6,10-12,14,16H,7-9H2,1H3. The fraction of sp³-hybridized carbons (Fsp3) is 0.438. The van der Waals surface area contributed by atoms with Gasteiger partial charge in [-0.05, 0) is 31.2 Å². The number of nitro groups is 1. The van der Waals surface area contributed by atoms with Crippen LogP contribution in [0.5, 0.6) is 0 Å². The minimum absolute atomic E-state index is 0.0606. The molecule has 3 unspecified atom stereocenters. The van der Waals surface area contributed by atoms with E-state index in [1.54, 1.807) is 11.6 Å². The number of nitrogens with zero attached hydrogens (tertiary/aromatic N) is 3. The molecular weight excluding hydrogens is 330 g/mol. The highest BCUT2D eigenvalue weighted by Gasteiger charge is 2.36. The highest BCUT2D eigenvalue weighted by molar-refractivity contribution is 7.92. The van der Waals surface area contributed by atoms with Crippen molar-refractivity contribution >= 4 is 15.5 Å². The van der Waals surface area contributed by atoms with Crippen molar-refractivity contribution in [3.05, 3.63) is 58.4 Å². The maximum Gasteiger partial charge on any atom is 0.307 e. The molecule has 3 rings (SSSR count). The third-order valence-electron chi connectivity index (χ3n) is 4.69. The maximum atomic E-state index is 12.0. The van der Waals surface area contributed by atoms with Crippen LogP contribution in [0.1, 0.15) is 31.4 Å². The molecule has 2 heterocycles. The molecule has 1 saturated heterocycles. The van der Waals surface area contributed by atoms with Gasteiger partial charge < -0.3 is 0 Å². The molecule has 1 aliphatic heterocycles. The number of hydrogen-bond acceptors (Lipinski definition) is 5. The lowest BCUT2D eigenvalue weighted by Crippen LogP contribution is -2.35. The zero-order valence-electron chi connectivity index (χ0n) is 13.3. The van der Waals surface area contributed by atoms with Crippen LogP contribution in [0.4, 0.5) is 5.69 Å². The molecule has 0 spiro atoms. The van der Waals surface area contributed by atoms with Crippen LogP contribution in [0.2, 0.25) is 0 Å². The summed E-state index contributed by atoms with van der Waals surface area (Å²) in [6.07, 6.45) is 3.71. The molecule has 0 bridgehead atoms. The van der Waals surface area contributed by atoms with Gasteiger partial charge in [-0.2, -0.15) is 5.10 Å². The summed E-state index contributed by atoms with van der Waals surface area (Å²) in [4.78, 5) is 10.5. The van der Waals surface area contributed by atoms with Gasteiger partial charge in [0.15, 0.2) is 9.84 Å². The average molecular weight is 349 g/mol. The summed E-state index contributed by atoms with van der Waals surface area (Å²) in [7, 11) is -3.04. The fourth-order valence-electron chi connectivity index (χ4n) is 3.36. The average Bonchev–Trinajstić information content (AvgIpc) is 3.02. The molecule has 1 fully saturated rings. The summed E-state index contributed by atoms with van der Waals surface area (Å²) in [5, 5.41) is 14.7. The van der Waals surface area contributed by atoms with E-state index in [2.05, 4.69) is 5.10 Å². The topological polar surface area (TPSA) is 95.1 Å². The Labute approximate surface area is 140 Å². The van der Waals surface area contributed by atoms with Crippen molar-refractivity contribution in [1.82, 2.24) is 9.78 Å². The molecular formula is C16H19N3O4S. The molecule has 128 valence electrons. The monoisotopic (exact) mass is 349 g/mol. The van der Waals surface area contributed by atoms with Gasteiger partial charge in [-0.15, -0.1) is 0 Å². The Morgan fingerprint density at radius 2 is 2.04 bits per heavy atom. The Morgan fingerprint density at radius 3 is 2.62 bits per heavy atom. The largest absolute Gasteiger partial charge is 0.307 e. The summed E-state index contributed by atoms with van der Waals surface area (Å²) in [6, 6.07) is 9.41. The first kappa shape index (κ1) is 16.6. The predicted octanol–water partition coefficient (Wildman–Crippen LogP) is 2.59. The van der Waals surface area contributed by atoms with E-state index in [1.807, 2.05) is 30.3 Å². The minimum atomic E-state index is -3.04. The third kappa shape index (κ3) is 3.19. The molecule has 3 atom stereocenters. The SMILES string of the molecule is CC1CC(C(c2ccccc2)n2cc([N+](=O)[O-])cn2)CCS1(=O)=O. The van der Waals surface area contributed by atoms with Gasteiger partial charge in [-0.1, -0.05) is 30.3 Å². The lowest BCUT2D eigenvalue weighted by Gasteiger charge is -2.33. The van der Waals surface area contributed by atoms with E-state index in [9.17, 15) is 18.5 Å². The minimum Gasteiger partial charge on any atom is -0.258 e. The van der Waals surface area contributed by atoms with Crippen LogP contribution in [-0.4, -0.2) is 34.1 Å². The molecule has 0 radical (unpaired) electrons. The van der Waals surface area contributed by atoms with Gasteiger partial charge in [0.05, 0.1) is 22.0 Å². The Kier molecular flexibility index (Phi) is 4.40. The first-order valence-electron chi connectivity index (χ1n) is 7.83. The van der Waals surface area contributed by atoms with Gasteiger partial charge in [0, 0.05) is 0 Å². The summed E-state index contributed by atoms with van der Waals surface area (Å²) < 4.78 is 25.6. The highest BCUT2D eigenvalue weighted by Crippen LogP contribution is 2.37.